The molecular weight excluding hydrogens is 386 g/mol. The smallest absolute Gasteiger partial charge is 0.249 e. The third kappa shape index (κ3) is 7.54. The van der Waals surface area contributed by atoms with E-state index in [1.165, 1.54) is 18.4 Å². The molecule has 1 saturated carbocycles. The van der Waals surface area contributed by atoms with Crippen molar-refractivity contribution < 1.29 is 14.8 Å². The average molecular weight is 414 g/mol. The van der Waals surface area contributed by atoms with Gasteiger partial charge in [-0.25, -0.2) is 10.5 Å². The number of allylic oxidation sites excluding steroid dienone is 2. The van der Waals surface area contributed by atoms with Crippen LogP contribution in [0.2, 0.25) is 0 Å². The number of carbonyl (C=O) groups is 2. The molecule has 1 aliphatic carbocycles. The highest BCUT2D eigenvalue weighted by molar-refractivity contribution is 7.14. The lowest BCUT2D eigenvalue weighted by Gasteiger charge is -2.26. The summed E-state index contributed by atoms with van der Waals surface area (Å²) in [6.45, 7) is 5.92. The molecule has 2 atom stereocenters. The van der Waals surface area contributed by atoms with Crippen LogP contribution in [0.1, 0.15) is 44.7 Å². The van der Waals surface area contributed by atoms with E-state index in [0.717, 1.165) is 38.4 Å². The van der Waals surface area contributed by atoms with Crippen molar-refractivity contribution >= 4 is 40.3 Å². The van der Waals surface area contributed by atoms with Crippen molar-refractivity contribution in [1.82, 2.24) is 10.5 Å². The van der Waals surface area contributed by atoms with Crippen molar-refractivity contribution in [2.75, 3.05) is 12.4 Å². The molecule has 1 heterocycles. The van der Waals surface area contributed by atoms with E-state index >= 15 is 0 Å². The zero-order valence-electron chi connectivity index (χ0n) is 15.8. The topological polar surface area (TPSA) is 91.3 Å². The van der Waals surface area contributed by atoms with E-state index in [2.05, 4.69) is 23.8 Å². The zero-order chi connectivity index (χ0) is 20.3. The molecule has 3 N–H and O–H groups in total. The maximum Gasteiger partial charge on any atom is 0.249 e. The quantitative estimate of drug-likeness (QED) is 0.196. The van der Waals surface area contributed by atoms with Crippen LogP contribution in [-0.2, 0) is 16.0 Å². The molecule has 0 saturated heterocycles. The van der Waals surface area contributed by atoms with Crippen molar-refractivity contribution in [2.24, 2.45) is 5.41 Å². The normalized spacial score (nSPS) is 24.3. The zero-order valence-corrected chi connectivity index (χ0v) is 17.4. The van der Waals surface area contributed by atoms with E-state index in [-0.39, 0.29) is 22.6 Å². The number of hydroxylamine groups is 1. The van der Waals surface area contributed by atoms with E-state index in [1.54, 1.807) is 16.9 Å². The number of hydrogen-bond acceptors (Lipinski definition) is 6. The van der Waals surface area contributed by atoms with Crippen molar-refractivity contribution in [3.05, 3.63) is 35.9 Å². The molecule has 1 fully saturated rings. The minimum absolute atomic E-state index is 0.0341. The van der Waals surface area contributed by atoms with Gasteiger partial charge < -0.3 is 10.0 Å². The number of carbonyl (C=O) groups excluding carboxylic acids is 2. The van der Waals surface area contributed by atoms with E-state index < -0.39 is 0 Å². The first-order chi connectivity index (χ1) is 12.9. The number of nitrogens with one attached hydrogen (secondary N) is 2. The van der Waals surface area contributed by atoms with E-state index in [0.29, 0.717) is 10.8 Å². The molecule has 0 aliphatic heterocycles. The Labute approximate surface area is 169 Å². The first-order valence-corrected chi connectivity index (χ1v) is 10.1. The standard InChI is InChI=1S/C18H23ClN2O2S.CH5NO/c1-3-7-18(19)10-9-17(4-2,13-18)8-5-15(23)21-16-20-14(6-11-22)12-24-16;1-2-3/h3,5,8,11-12H,1,4,6-7,9-10,13H2,2H3,(H,20,21,23);2-3H,1H3/b8-5+;. The number of aldehydes is 1. The van der Waals surface area contributed by atoms with Gasteiger partial charge in [-0.3, -0.25) is 10.1 Å². The number of anilines is 1. The molecule has 150 valence electrons. The van der Waals surface area contributed by atoms with Crippen LogP contribution in [0, 0.1) is 5.41 Å². The van der Waals surface area contributed by atoms with Crippen molar-refractivity contribution in [3.8, 4) is 0 Å². The molecule has 6 nitrogen and oxygen atoms in total. The lowest BCUT2D eigenvalue weighted by molar-refractivity contribution is -0.112. The summed E-state index contributed by atoms with van der Waals surface area (Å²) in [6, 6.07) is 0. The number of thiazole rings is 1. The summed E-state index contributed by atoms with van der Waals surface area (Å²) >= 11 is 7.99. The van der Waals surface area contributed by atoms with Gasteiger partial charge in [-0.2, -0.15) is 0 Å². The van der Waals surface area contributed by atoms with Crippen LogP contribution in [0.4, 0.5) is 5.13 Å². The van der Waals surface area contributed by atoms with Crippen LogP contribution < -0.4 is 10.8 Å². The van der Waals surface area contributed by atoms with Gasteiger partial charge in [-0.15, -0.1) is 29.5 Å². The second-order valence-corrected chi connectivity index (χ2v) is 8.26. The Bertz CT molecular complexity index is 664. The van der Waals surface area contributed by atoms with Crippen molar-refractivity contribution in [3.63, 3.8) is 0 Å². The fraction of sp³-hybridized carbons (Fsp3) is 0.526. The molecule has 2 unspecified atom stereocenters. The number of rotatable bonds is 8. The van der Waals surface area contributed by atoms with Crippen LogP contribution in [0.25, 0.3) is 0 Å². The summed E-state index contributed by atoms with van der Waals surface area (Å²) in [4.78, 5) is 26.6. The highest BCUT2D eigenvalue weighted by Crippen LogP contribution is 2.52. The summed E-state index contributed by atoms with van der Waals surface area (Å²) < 4.78 is 0. The first-order valence-electron chi connectivity index (χ1n) is 8.85. The number of amides is 1. The molecule has 1 aromatic heterocycles. The number of nitrogens with zero attached hydrogens (tertiary/aromatic N) is 1. The predicted octanol–water partition coefficient (Wildman–Crippen LogP) is 4.11. The molecule has 1 aliphatic rings. The SMILES string of the molecule is C=CCC1(Cl)CCC(/C=C/C(=O)Nc2nc(CC=O)cs2)(CC)C1.CNO. The Balaban J connectivity index is 0.00000114. The summed E-state index contributed by atoms with van der Waals surface area (Å²) in [6.07, 6.45) is 11.0. The highest BCUT2D eigenvalue weighted by Gasteiger charge is 2.44. The maximum atomic E-state index is 12.1. The summed E-state index contributed by atoms with van der Waals surface area (Å²) in [7, 11) is 1.43. The highest BCUT2D eigenvalue weighted by atomic mass is 35.5. The maximum absolute atomic E-state index is 12.1. The third-order valence-electron chi connectivity index (χ3n) is 4.62. The molecule has 0 spiro atoms. The molecule has 1 aromatic rings. The molecule has 1 amide bonds. The van der Waals surface area contributed by atoms with Gasteiger partial charge in [-0.1, -0.05) is 19.1 Å². The Morgan fingerprint density at radius 1 is 1.52 bits per heavy atom. The Hall–Kier alpha value is -1.54. The van der Waals surface area contributed by atoms with Crippen LogP contribution >= 0.6 is 22.9 Å². The van der Waals surface area contributed by atoms with Gasteiger partial charge in [0, 0.05) is 23.7 Å². The Morgan fingerprint density at radius 3 is 2.81 bits per heavy atom. The summed E-state index contributed by atoms with van der Waals surface area (Å²) in [5.74, 6) is -0.203. The first kappa shape index (κ1) is 23.5. The number of alkyl halides is 1. The number of hydrogen-bond donors (Lipinski definition) is 3. The van der Waals surface area contributed by atoms with E-state index in [4.69, 9.17) is 16.8 Å². The molecule has 0 aromatic carbocycles. The summed E-state index contributed by atoms with van der Waals surface area (Å²) in [5, 5.41) is 12.4. The number of halogens is 1. The molecule has 8 heteroatoms. The monoisotopic (exact) mass is 413 g/mol. The fourth-order valence-corrected chi connectivity index (χ4v) is 4.41. The largest absolute Gasteiger partial charge is 0.317 e. The van der Waals surface area contributed by atoms with Crippen molar-refractivity contribution in [1.29, 1.82) is 0 Å². The number of aromatic nitrogens is 1. The van der Waals surface area contributed by atoms with Gasteiger partial charge in [0.1, 0.15) is 6.29 Å². The van der Waals surface area contributed by atoms with Crippen molar-refractivity contribution in [2.45, 2.75) is 50.3 Å². The Morgan fingerprint density at radius 2 is 2.22 bits per heavy atom. The van der Waals surface area contributed by atoms with Gasteiger partial charge in [0.2, 0.25) is 5.91 Å². The van der Waals surface area contributed by atoms with Gasteiger partial charge in [0.15, 0.2) is 5.13 Å². The lowest BCUT2D eigenvalue weighted by atomic mass is 9.81. The Kier molecular flexibility index (Phi) is 9.87. The van der Waals surface area contributed by atoms with Crippen LogP contribution in [-0.4, -0.2) is 34.3 Å². The van der Waals surface area contributed by atoms with Crippen LogP contribution in [0.3, 0.4) is 0 Å². The van der Waals surface area contributed by atoms with Gasteiger partial charge in [0.05, 0.1) is 5.69 Å². The van der Waals surface area contributed by atoms with E-state index in [9.17, 15) is 9.59 Å². The summed E-state index contributed by atoms with van der Waals surface area (Å²) in [5.41, 5.74) is 2.39. The average Bonchev–Trinajstić information content (AvgIpc) is 3.20. The minimum Gasteiger partial charge on any atom is -0.317 e. The minimum atomic E-state index is -0.238. The molecule has 27 heavy (non-hydrogen) atoms. The van der Waals surface area contributed by atoms with Gasteiger partial charge in [0.25, 0.3) is 0 Å². The second kappa shape index (κ2) is 11.3. The van der Waals surface area contributed by atoms with Gasteiger partial charge in [-0.05, 0) is 43.6 Å². The fourth-order valence-electron chi connectivity index (χ4n) is 3.22. The molecular formula is C19H28ClN3O3S. The lowest BCUT2D eigenvalue weighted by Crippen LogP contribution is -2.21. The van der Waals surface area contributed by atoms with Gasteiger partial charge >= 0.3 is 0 Å². The second-order valence-electron chi connectivity index (χ2n) is 6.60. The third-order valence-corrected chi connectivity index (χ3v) is 5.90. The van der Waals surface area contributed by atoms with Crippen LogP contribution in [0.5, 0.6) is 0 Å². The van der Waals surface area contributed by atoms with E-state index in [1.807, 2.05) is 12.2 Å². The molecule has 0 bridgehead atoms. The predicted molar refractivity (Wildman–Crippen MR) is 110 cm³/mol. The van der Waals surface area contributed by atoms with Crippen LogP contribution in [0.15, 0.2) is 30.2 Å². The molecule has 2 rings (SSSR count). The molecule has 0 radical (unpaired) electrons.